The number of nitrogens with zero attached hydrogens (tertiary/aromatic N) is 1. The monoisotopic (exact) mass is 301 g/mol. The van der Waals surface area contributed by atoms with Gasteiger partial charge >= 0.3 is 5.97 Å². The molecule has 2 aromatic carbocycles. The molecule has 1 atom stereocenters. The number of aliphatic hydroxyl groups excluding tert-OH is 1. The molecule has 0 saturated heterocycles. The van der Waals surface area contributed by atoms with E-state index in [9.17, 15) is 20.0 Å². The van der Waals surface area contributed by atoms with Crippen LogP contribution in [-0.4, -0.2) is 23.1 Å². The predicted molar refractivity (Wildman–Crippen MR) is 79.5 cm³/mol. The van der Waals surface area contributed by atoms with Gasteiger partial charge in [-0.05, 0) is 17.2 Å². The van der Waals surface area contributed by atoms with Crippen molar-refractivity contribution in [2.24, 2.45) is 0 Å². The lowest BCUT2D eigenvalue weighted by Gasteiger charge is -2.14. The highest BCUT2D eigenvalue weighted by Crippen LogP contribution is 2.23. The standard InChI is InChI=1S/C16H15NO5/c1-22-16(19)14-5-3-2-4-13(14)15(18)10-11-6-8-12(9-7-11)17(20)21/h2-9,15,18H,10H2,1H3. The number of nitro groups is 1. The number of rotatable bonds is 5. The van der Waals surface area contributed by atoms with E-state index in [1.807, 2.05) is 0 Å². The van der Waals surface area contributed by atoms with Crippen molar-refractivity contribution in [1.82, 2.24) is 0 Å². The number of esters is 1. The number of hydrogen-bond donors (Lipinski definition) is 1. The molecule has 2 rings (SSSR count). The second kappa shape index (κ2) is 6.82. The molecule has 0 spiro atoms. The molecule has 0 aliphatic carbocycles. The van der Waals surface area contributed by atoms with Crippen molar-refractivity contribution in [3.8, 4) is 0 Å². The van der Waals surface area contributed by atoms with Crippen LogP contribution < -0.4 is 0 Å². The van der Waals surface area contributed by atoms with Crippen molar-refractivity contribution in [1.29, 1.82) is 0 Å². The summed E-state index contributed by atoms with van der Waals surface area (Å²) in [6.45, 7) is 0. The van der Waals surface area contributed by atoms with Gasteiger partial charge in [-0.1, -0.05) is 30.3 Å². The van der Waals surface area contributed by atoms with Crippen molar-refractivity contribution < 1.29 is 19.6 Å². The molecule has 1 unspecified atom stereocenters. The molecule has 0 aromatic heterocycles. The molecule has 0 saturated carbocycles. The molecule has 0 aliphatic rings. The van der Waals surface area contributed by atoms with Crippen LogP contribution in [-0.2, 0) is 11.2 Å². The van der Waals surface area contributed by atoms with Crippen LogP contribution in [0, 0.1) is 10.1 Å². The molecular weight excluding hydrogens is 286 g/mol. The Bertz CT molecular complexity index is 681. The lowest BCUT2D eigenvalue weighted by atomic mass is 9.97. The summed E-state index contributed by atoms with van der Waals surface area (Å²) in [7, 11) is 1.28. The van der Waals surface area contributed by atoms with Gasteiger partial charge in [0.25, 0.3) is 5.69 Å². The second-order valence-electron chi connectivity index (χ2n) is 4.72. The Hall–Kier alpha value is -2.73. The molecule has 0 radical (unpaired) electrons. The van der Waals surface area contributed by atoms with Crippen molar-refractivity contribution >= 4 is 11.7 Å². The van der Waals surface area contributed by atoms with E-state index in [2.05, 4.69) is 0 Å². The van der Waals surface area contributed by atoms with Gasteiger partial charge in [-0.25, -0.2) is 4.79 Å². The van der Waals surface area contributed by atoms with E-state index >= 15 is 0 Å². The Morgan fingerprint density at radius 3 is 2.45 bits per heavy atom. The van der Waals surface area contributed by atoms with Crippen LogP contribution in [0.25, 0.3) is 0 Å². The topological polar surface area (TPSA) is 89.7 Å². The van der Waals surface area contributed by atoms with E-state index < -0.39 is 17.0 Å². The third kappa shape index (κ3) is 3.48. The number of hydrogen-bond acceptors (Lipinski definition) is 5. The first kappa shape index (κ1) is 15.7. The third-order valence-corrected chi connectivity index (χ3v) is 3.30. The second-order valence-corrected chi connectivity index (χ2v) is 4.72. The van der Waals surface area contributed by atoms with Crippen LogP contribution in [0.1, 0.15) is 27.6 Å². The first-order valence-electron chi connectivity index (χ1n) is 6.61. The molecule has 0 fully saturated rings. The van der Waals surface area contributed by atoms with E-state index in [1.165, 1.54) is 19.2 Å². The van der Waals surface area contributed by atoms with Crippen molar-refractivity contribution in [3.63, 3.8) is 0 Å². The quantitative estimate of drug-likeness (QED) is 0.521. The fraction of sp³-hybridized carbons (Fsp3) is 0.188. The minimum atomic E-state index is -0.906. The van der Waals surface area contributed by atoms with Gasteiger partial charge in [-0.15, -0.1) is 0 Å². The smallest absolute Gasteiger partial charge is 0.338 e. The van der Waals surface area contributed by atoms with Gasteiger partial charge in [-0.3, -0.25) is 10.1 Å². The zero-order valence-corrected chi connectivity index (χ0v) is 11.9. The molecule has 1 N–H and O–H groups in total. The molecule has 0 bridgehead atoms. The van der Waals surface area contributed by atoms with Gasteiger partial charge in [0.05, 0.1) is 23.7 Å². The molecule has 22 heavy (non-hydrogen) atoms. The summed E-state index contributed by atoms with van der Waals surface area (Å²) in [5.41, 5.74) is 1.50. The fourth-order valence-electron chi connectivity index (χ4n) is 2.17. The highest BCUT2D eigenvalue weighted by atomic mass is 16.6. The van der Waals surface area contributed by atoms with Crippen LogP contribution >= 0.6 is 0 Å². The summed E-state index contributed by atoms with van der Waals surface area (Å²) in [5, 5.41) is 20.9. The van der Waals surface area contributed by atoms with Crippen LogP contribution in [0.3, 0.4) is 0 Å². The fourth-order valence-corrected chi connectivity index (χ4v) is 2.17. The molecule has 114 valence electrons. The van der Waals surface area contributed by atoms with Gasteiger partial charge in [0.1, 0.15) is 0 Å². The van der Waals surface area contributed by atoms with Gasteiger partial charge in [0.2, 0.25) is 0 Å². The molecule has 0 aliphatic heterocycles. The number of carbonyl (C=O) groups excluding carboxylic acids is 1. The molecule has 6 heteroatoms. The van der Waals surface area contributed by atoms with Crippen LogP contribution in [0.15, 0.2) is 48.5 Å². The lowest BCUT2D eigenvalue weighted by molar-refractivity contribution is -0.384. The van der Waals surface area contributed by atoms with E-state index in [-0.39, 0.29) is 12.1 Å². The Balaban J connectivity index is 2.20. The minimum Gasteiger partial charge on any atom is -0.465 e. The Kier molecular flexibility index (Phi) is 4.85. The zero-order valence-electron chi connectivity index (χ0n) is 11.9. The first-order chi connectivity index (χ1) is 10.5. The average molecular weight is 301 g/mol. The summed E-state index contributed by atoms with van der Waals surface area (Å²) in [5.74, 6) is -0.515. The predicted octanol–water partition coefficient (Wildman–Crippen LogP) is 2.66. The number of carbonyl (C=O) groups is 1. The normalized spacial score (nSPS) is 11.7. The number of nitro benzene ring substituents is 1. The summed E-state index contributed by atoms with van der Waals surface area (Å²) < 4.78 is 4.69. The Labute approximate surface area is 127 Å². The molecule has 6 nitrogen and oxygen atoms in total. The maximum absolute atomic E-state index is 11.7. The lowest BCUT2D eigenvalue weighted by Crippen LogP contribution is -2.10. The van der Waals surface area contributed by atoms with Gasteiger partial charge in [-0.2, -0.15) is 0 Å². The molecular formula is C16H15NO5. The number of benzene rings is 2. The summed E-state index contributed by atoms with van der Waals surface area (Å²) in [6, 6.07) is 12.6. The van der Waals surface area contributed by atoms with Gasteiger partial charge < -0.3 is 9.84 Å². The SMILES string of the molecule is COC(=O)c1ccccc1C(O)Cc1ccc([N+](=O)[O-])cc1. The zero-order chi connectivity index (χ0) is 16.1. The largest absolute Gasteiger partial charge is 0.465 e. The minimum absolute atomic E-state index is 0.00630. The van der Waals surface area contributed by atoms with E-state index in [4.69, 9.17) is 4.74 Å². The van der Waals surface area contributed by atoms with Crippen LogP contribution in [0.2, 0.25) is 0 Å². The van der Waals surface area contributed by atoms with Crippen molar-refractivity contribution in [3.05, 3.63) is 75.3 Å². The van der Waals surface area contributed by atoms with Crippen LogP contribution in [0.5, 0.6) is 0 Å². The van der Waals surface area contributed by atoms with E-state index in [0.29, 0.717) is 11.1 Å². The molecule has 0 heterocycles. The van der Waals surface area contributed by atoms with E-state index in [0.717, 1.165) is 5.56 Å². The van der Waals surface area contributed by atoms with Crippen molar-refractivity contribution in [2.45, 2.75) is 12.5 Å². The summed E-state index contributed by atoms with van der Waals surface area (Å²) in [6.07, 6.45) is -0.664. The summed E-state index contributed by atoms with van der Waals surface area (Å²) >= 11 is 0. The van der Waals surface area contributed by atoms with Crippen LogP contribution in [0.4, 0.5) is 5.69 Å². The average Bonchev–Trinajstić information content (AvgIpc) is 2.54. The van der Waals surface area contributed by atoms with Gasteiger partial charge in [0.15, 0.2) is 0 Å². The maximum atomic E-state index is 11.7. The first-order valence-corrected chi connectivity index (χ1v) is 6.61. The molecule has 0 amide bonds. The van der Waals surface area contributed by atoms with E-state index in [1.54, 1.807) is 36.4 Å². The maximum Gasteiger partial charge on any atom is 0.338 e. The Morgan fingerprint density at radius 1 is 1.23 bits per heavy atom. The van der Waals surface area contributed by atoms with Gasteiger partial charge in [0, 0.05) is 18.6 Å². The number of ether oxygens (including phenoxy) is 1. The highest BCUT2D eigenvalue weighted by molar-refractivity contribution is 5.91. The number of non-ortho nitro benzene ring substituents is 1. The number of aliphatic hydroxyl groups is 1. The Morgan fingerprint density at radius 2 is 1.86 bits per heavy atom. The summed E-state index contributed by atoms with van der Waals surface area (Å²) in [4.78, 5) is 21.8. The number of methoxy groups -OCH3 is 1. The highest BCUT2D eigenvalue weighted by Gasteiger charge is 2.18. The third-order valence-electron chi connectivity index (χ3n) is 3.30. The molecule has 2 aromatic rings. The van der Waals surface area contributed by atoms with Crippen molar-refractivity contribution in [2.75, 3.05) is 7.11 Å².